The Hall–Kier alpha value is -0.770. The number of benzene rings is 1. The van der Waals surface area contributed by atoms with Gasteiger partial charge in [0.15, 0.2) is 0 Å². The molecule has 0 unspecified atom stereocenters. The van der Waals surface area contributed by atoms with Crippen molar-refractivity contribution < 1.29 is 9.47 Å². The number of halogens is 1. The van der Waals surface area contributed by atoms with Gasteiger partial charge < -0.3 is 9.47 Å². The van der Waals surface area contributed by atoms with Crippen LogP contribution < -0.4 is 10.1 Å². The topological polar surface area (TPSA) is 30.5 Å². The van der Waals surface area contributed by atoms with Gasteiger partial charge in [-0.2, -0.15) is 0 Å². The molecule has 0 aliphatic carbocycles. The van der Waals surface area contributed by atoms with Gasteiger partial charge in [0.2, 0.25) is 0 Å². The molecule has 0 saturated carbocycles. The van der Waals surface area contributed by atoms with Crippen LogP contribution in [0.5, 0.6) is 5.75 Å². The second kappa shape index (κ2) is 6.24. The summed E-state index contributed by atoms with van der Waals surface area (Å²) in [6.45, 7) is 7.25. The van der Waals surface area contributed by atoms with Crippen molar-refractivity contribution in [1.82, 2.24) is 5.32 Å². The van der Waals surface area contributed by atoms with E-state index in [4.69, 9.17) is 21.1 Å². The van der Waals surface area contributed by atoms with Crippen LogP contribution in [0.2, 0.25) is 5.02 Å². The van der Waals surface area contributed by atoms with Crippen molar-refractivity contribution in [2.45, 2.75) is 27.3 Å². The summed E-state index contributed by atoms with van der Waals surface area (Å²) in [6.07, 6.45) is 0. The lowest BCUT2D eigenvalue weighted by atomic mass is 9.98. The molecule has 0 heterocycles. The molecule has 1 rings (SSSR count). The molecular formula is C13H20ClNO2. The van der Waals surface area contributed by atoms with Crippen LogP contribution in [0, 0.1) is 20.8 Å². The average molecular weight is 258 g/mol. The van der Waals surface area contributed by atoms with Crippen LogP contribution in [-0.4, -0.2) is 21.0 Å². The third-order valence-electron chi connectivity index (χ3n) is 3.04. The fourth-order valence-corrected chi connectivity index (χ4v) is 2.17. The Balaban J connectivity index is 3.17. The van der Waals surface area contributed by atoms with Crippen molar-refractivity contribution in [3.05, 3.63) is 27.3 Å². The maximum atomic E-state index is 6.32. The Bertz CT molecular complexity index is 405. The molecule has 0 spiro atoms. The van der Waals surface area contributed by atoms with Gasteiger partial charge in [-0.05, 0) is 37.5 Å². The first-order chi connectivity index (χ1) is 8.04. The summed E-state index contributed by atoms with van der Waals surface area (Å²) in [4.78, 5) is 0. The van der Waals surface area contributed by atoms with Crippen LogP contribution in [0.3, 0.4) is 0 Å². The zero-order chi connectivity index (χ0) is 13.0. The van der Waals surface area contributed by atoms with Crippen LogP contribution in [0.25, 0.3) is 0 Å². The monoisotopic (exact) mass is 257 g/mol. The molecule has 0 aliphatic rings. The van der Waals surface area contributed by atoms with Crippen LogP contribution in [0.4, 0.5) is 0 Å². The maximum absolute atomic E-state index is 6.32. The average Bonchev–Trinajstić information content (AvgIpc) is 2.33. The summed E-state index contributed by atoms with van der Waals surface area (Å²) < 4.78 is 10.5. The quantitative estimate of drug-likeness (QED) is 0.650. The van der Waals surface area contributed by atoms with Crippen molar-refractivity contribution in [2.75, 3.05) is 21.0 Å². The molecule has 1 N–H and O–H groups in total. The minimum atomic E-state index is 0.507. The predicted octanol–water partition coefficient (Wildman–Crippen LogP) is 2.97. The zero-order valence-electron chi connectivity index (χ0n) is 11.1. The molecular weight excluding hydrogens is 238 g/mol. The van der Waals surface area contributed by atoms with Gasteiger partial charge in [0, 0.05) is 24.2 Å². The van der Waals surface area contributed by atoms with E-state index in [1.807, 2.05) is 20.8 Å². The summed E-state index contributed by atoms with van der Waals surface area (Å²) in [7, 11) is 3.35. The van der Waals surface area contributed by atoms with E-state index in [1.54, 1.807) is 14.2 Å². The summed E-state index contributed by atoms with van der Waals surface area (Å²) in [5, 5.41) is 4.00. The first kappa shape index (κ1) is 14.3. The number of rotatable bonds is 5. The first-order valence-corrected chi connectivity index (χ1v) is 5.94. The molecule has 1 aromatic rings. The lowest BCUT2D eigenvalue weighted by Gasteiger charge is -2.18. The van der Waals surface area contributed by atoms with Gasteiger partial charge >= 0.3 is 0 Å². The van der Waals surface area contributed by atoms with E-state index < -0.39 is 0 Å². The minimum Gasteiger partial charge on any atom is -0.496 e. The highest BCUT2D eigenvalue weighted by Crippen LogP contribution is 2.35. The molecule has 0 saturated heterocycles. The first-order valence-electron chi connectivity index (χ1n) is 5.56. The third kappa shape index (κ3) is 2.92. The molecule has 96 valence electrons. The minimum absolute atomic E-state index is 0.507. The van der Waals surface area contributed by atoms with Gasteiger partial charge in [0.25, 0.3) is 0 Å². The molecule has 3 nitrogen and oxygen atoms in total. The van der Waals surface area contributed by atoms with Gasteiger partial charge in [0.1, 0.15) is 5.75 Å². The number of nitrogens with one attached hydrogen (secondary N) is 1. The molecule has 0 bridgehead atoms. The van der Waals surface area contributed by atoms with Crippen molar-refractivity contribution >= 4 is 11.6 Å². The van der Waals surface area contributed by atoms with E-state index in [-0.39, 0.29) is 0 Å². The number of hydrogen-bond acceptors (Lipinski definition) is 3. The van der Waals surface area contributed by atoms with Crippen LogP contribution in [-0.2, 0) is 11.3 Å². The highest BCUT2D eigenvalue weighted by molar-refractivity contribution is 6.32. The van der Waals surface area contributed by atoms with Crippen LogP contribution in [0.1, 0.15) is 22.3 Å². The molecule has 0 radical (unpaired) electrons. The second-order valence-corrected chi connectivity index (χ2v) is 4.44. The van der Waals surface area contributed by atoms with E-state index in [2.05, 4.69) is 5.32 Å². The van der Waals surface area contributed by atoms with Gasteiger partial charge in [-0.15, -0.1) is 0 Å². The standard InChI is InChI=1S/C13H20ClNO2/c1-8-9(2)13(17-5)11(6-15-7-16-4)10(3)12(8)14/h15H,6-7H2,1-5H3. The molecule has 1 aromatic carbocycles. The third-order valence-corrected chi connectivity index (χ3v) is 3.61. The highest BCUT2D eigenvalue weighted by atomic mass is 35.5. The Labute approximate surface area is 108 Å². The van der Waals surface area contributed by atoms with Crippen LogP contribution in [0.15, 0.2) is 0 Å². The summed E-state index contributed by atoms with van der Waals surface area (Å²) in [5.74, 6) is 0.910. The molecule has 0 atom stereocenters. The molecule has 0 amide bonds. The Morgan fingerprint density at radius 1 is 1.06 bits per heavy atom. The van der Waals surface area contributed by atoms with E-state index in [9.17, 15) is 0 Å². The van der Waals surface area contributed by atoms with Crippen LogP contribution >= 0.6 is 11.6 Å². The second-order valence-electron chi connectivity index (χ2n) is 4.06. The SMILES string of the molecule is COCNCc1c(C)c(Cl)c(C)c(C)c1OC. The molecule has 0 fully saturated rings. The Morgan fingerprint density at radius 2 is 1.71 bits per heavy atom. The van der Waals surface area contributed by atoms with Crippen molar-refractivity contribution in [3.8, 4) is 5.75 Å². The van der Waals surface area contributed by atoms with E-state index in [1.165, 1.54) is 0 Å². The number of hydrogen-bond donors (Lipinski definition) is 1. The lowest BCUT2D eigenvalue weighted by Crippen LogP contribution is -2.18. The Kier molecular flexibility index (Phi) is 5.25. The number of methoxy groups -OCH3 is 2. The number of ether oxygens (including phenoxy) is 2. The van der Waals surface area contributed by atoms with E-state index in [0.29, 0.717) is 13.3 Å². The summed E-state index contributed by atoms with van der Waals surface area (Å²) >= 11 is 6.32. The molecule has 0 aliphatic heterocycles. The van der Waals surface area contributed by atoms with Gasteiger partial charge in [0.05, 0.1) is 13.8 Å². The maximum Gasteiger partial charge on any atom is 0.126 e. The molecule has 17 heavy (non-hydrogen) atoms. The zero-order valence-corrected chi connectivity index (χ0v) is 11.9. The largest absolute Gasteiger partial charge is 0.496 e. The molecule has 4 heteroatoms. The fraction of sp³-hybridized carbons (Fsp3) is 0.538. The summed E-state index contributed by atoms with van der Waals surface area (Å²) in [6, 6.07) is 0. The van der Waals surface area contributed by atoms with Gasteiger partial charge in [-0.3, -0.25) is 5.32 Å². The van der Waals surface area contributed by atoms with Gasteiger partial charge in [-0.1, -0.05) is 11.6 Å². The van der Waals surface area contributed by atoms with E-state index in [0.717, 1.165) is 33.0 Å². The van der Waals surface area contributed by atoms with E-state index >= 15 is 0 Å². The molecule has 0 aromatic heterocycles. The normalized spacial score (nSPS) is 10.7. The highest BCUT2D eigenvalue weighted by Gasteiger charge is 2.16. The van der Waals surface area contributed by atoms with Crippen molar-refractivity contribution in [1.29, 1.82) is 0 Å². The lowest BCUT2D eigenvalue weighted by molar-refractivity contribution is 0.174. The van der Waals surface area contributed by atoms with Crippen molar-refractivity contribution in [3.63, 3.8) is 0 Å². The fourth-order valence-electron chi connectivity index (χ4n) is 1.91. The predicted molar refractivity (Wildman–Crippen MR) is 70.9 cm³/mol. The summed E-state index contributed by atoms with van der Waals surface area (Å²) in [5.41, 5.74) is 4.33. The van der Waals surface area contributed by atoms with Crippen molar-refractivity contribution in [2.24, 2.45) is 0 Å². The Morgan fingerprint density at radius 3 is 2.24 bits per heavy atom. The smallest absolute Gasteiger partial charge is 0.126 e. The van der Waals surface area contributed by atoms with Gasteiger partial charge in [-0.25, -0.2) is 0 Å².